The van der Waals surface area contributed by atoms with E-state index in [1.807, 2.05) is 0 Å². The highest BCUT2D eigenvalue weighted by molar-refractivity contribution is 5.79. The van der Waals surface area contributed by atoms with Crippen molar-refractivity contribution in [3.63, 3.8) is 0 Å². The molecule has 148 valence electrons. The molecule has 0 N–H and O–H groups in total. The highest BCUT2D eigenvalue weighted by atomic mass is 16.2. The minimum atomic E-state index is 0.274. The number of hydrogen-bond acceptors (Lipinski definition) is 5. The largest absolute Gasteiger partial charge is 0.352 e. The second-order valence-corrected chi connectivity index (χ2v) is 8.44. The fourth-order valence-corrected chi connectivity index (χ4v) is 4.84. The van der Waals surface area contributed by atoms with Crippen molar-refractivity contribution in [3.8, 4) is 0 Å². The van der Waals surface area contributed by atoms with E-state index >= 15 is 0 Å². The minimum Gasteiger partial charge on any atom is -0.352 e. The topological polar surface area (TPSA) is 52.6 Å². The summed E-state index contributed by atoms with van der Waals surface area (Å²) in [6, 6.07) is 4.76. The molecule has 27 heavy (non-hydrogen) atoms. The zero-order chi connectivity index (χ0) is 18.6. The van der Waals surface area contributed by atoms with Crippen LogP contribution in [-0.2, 0) is 4.79 Å². The van der Waals surface area contributed by atoms with E-state index in [9.17, 15) is 4.79 Å². The van der Waals surface area contributed by atoms with E-state index < -0.39 is 0 Å². The Morgan fingerprint density at radius 2 is 1.52 bits per heavy atom. The monoisotopic (exact) mass is 371 g/mol. The van der Waals surface area contributed by atoms with Crippen molar-refractivity contribution in [2.45, 2.75) is 64.3 Å². The summed E-state index contributed by atoms with van der Waals surface area (Å²) in [5.74, 6) is 2.59. The van der Waals surface area contributed by atoms with E-state index in [0.29, 0.717) is 11.9 Å². The standard InChI is InChI=1S/C21H33N5O/c1-17-7-5-6-12-26(17)20-11-10-19(22-23-20)24-13-15-25(16-14-24)21(27)18-8-3-2-4-9-18/h10-11,17-18H,2-9,12-16H2,1H3. The third-order valence-corrected chi connectivity index (χ3v) is 6.60. The smallest absolute Gasteiger partial charge is 0.225 e. The maximum atomic E-state index is 12.7. The number of anilines is 2. The van der Waals surface area contributed by atoms with Gasteiger partial charge in [0.05, 0.1) is 0 Å². The van der Waals surface area contributed by atoms with Crippen LogP contribution >= 0.6 is 0 Å². The summed E-state index contributed by atoms with van der Waals surface area (Å²) in [5.41, 5.74) is 0. The van der Waals surface area contributed by atoms with E-state index in [1.165, 1.54) is 38.5 Å². The van der Waals surface area contributed by atoms with E-state index in [-0.39, 0.29) is 5.92 Å². The van der Waals surface area contributed by atoms with Crippen molar-refractivity contribution in [2.24, 2.45) is 5.92 Å². The molecule has 1 saturated carbocycles. The SMILES string of the molecule is CC1CCCCN1c1ccc(N2CCN(C(=O)C3CCCCC3)CC2)nn1. The Labute approximate surface area is 162 Å². The molecule has 0 spiro atoms. The quantitative estimate of drug-likeness (QED) is 0.817. The first-order valence-electron chi connectivity index (χ1n) is 10.9. The second kappa shape index (κ2) is 8.44. The van der Waals surface area contributed by atoms with Crippen LogP contribution in [0.25, 0.3) is 0 Å². The van der Waals surface area contributed by atoms with Gasteiger partial charge in [-0.1, -0.05) is 19.3 Å². The van der Waals surface area contributed by atoms with Crippen LogP contribution in [0.3, 0.4) is 0 Å². The Morgan fingerprint density at radius 1 is 0.852 bits per heavy atom. The molecule has 3 heterocycles. The Bertz CT molecular complexity index is 620. The number of nitrogens with zero attached hydrogens (tertiary/aromatic N) is 5. The van der Waals surface area contributed by atoms with Crippen molar-refractivity contribution in [2.75, 3.05) is 42.5 Å². The minimum absolute atomic E-state index is 0.274. The predicted octanol–water partition coefficient (Wildman–Crippen LogP) is 3.08. The lowest BCUT2D eigenvalue weighted by atomic mass is 9.88. The Balaban J connectivity index is 1.32. The number of amides is 1. The van der Waals surface area contributed by atoms with Gasteiger partial charge in [0.1, 0.15) is 0 Å². The summed E-state index contributed by atoms with van der Waals surface area (Å²) < 4.78 is 0. The number of aromatic nitrogens is 2. The van der Waals surface area contributed by atoms with Gasteiger partial charge in [0.2, 0.25) is 5.91 Å². The van der Waals surface area contributed by atoms with Crippen LogP contribution < -0.4 is 9.80 Å². The average Bonchev–Trinajstić information content (AvgIpc) is 2.74. The van der Waals surface area contributed by atoms with Crippen molar-refractivity contribution in [1.29, 1.82) is 0 Å². The number of hydrogen-bond donors (Lipinski definition) is 0. The lowest BCUT2D eigenvalue weighted by Crippen LogP contribution is -2.50. The van der Waals surface area contributed by atoms with Gasteiger partial charge >= 0.3 is 0 Å². The Kier molecular flexibility index (Phi) is 5.79. The summed E-state index contributed by atoms with van der Waals surface area (Å²) in [6.45, 7) is 6.68. The van der Waals surface area contributed by atoms with Gasteiger partial charge in [0, 0.05) is 44.7 Å². The first-order chi connectivity index (χ1) is 13.2. The fraction of sp³-hybridized carbons (Fsp3) is 0.762. The van der Waals surface area contributed by atoms with Crippen LogP contribution in [0.5, 0.6) is 0 Å². The van der Waals surface area contributed by atoms with E-state index in [4.69, 9.17) is 0 Å². The fourth-order valence-electron chi connectivity index (χ4n) is 4.84. The first kappa shape index (κ1) is 18.5. The summed E-state index contributed by atoms with van der Waals surface area (Å²) in [4.78, 5) is 19.4. The maximum absolute atomic E-state index is 12.7. The summed E-state index contributed by atoms with van der Waals surface area (Å²) in [7, 11) is 0. The summed E-state index contributed by atoms with van der Waals surface area (Å²) >= 11 is 0. The highest BCUT2D eigenvalue weighted by Gasteiger charge is 2.29. The number of piperidine rings is 1. The molecular weight excluding hydrogens is 338 g/mol. The number of carbonyl (C=O) groups is 1. The lowest BCUT2D eigenvalue weighted by Gasteiger charge is -2.38. The molecule has 2 saturated heterocycles. The molecule has 0 radical (unpaired) electrons. The molecule has 6 heteroatoms. The van der Waals surface area contributed by atoms with Crippen molar-refractivity contribution >= 4 is 17.5 Å². The van der Waals surface area contributed by atoms with Gasteiger partial charge in [0.25, 0.3) is 0 Å². The third kappa shape index (κ3) is 4.19. The van der Waals surface area contributed by atoms with Crippen LogP contribution in [0.4, 0.5) is 11.6 Å². The predicted molar refractivity (Wildman–Crippen MR) is 108 cm³/mol. The zero-order valence-electron chi connectivity index (χ0n) is 16.6. The average molecular weight is 372 g/mol. The highest BCUT2D eigenvalue weighted by Crippen LogP contribution is 2.27. The van der Waals surface area contributed by atoms with Crippen LogP contribution in [0, 0.1) is 5.92 Å². The number of piperazine rings is 1. The third-order valence-electron chi connectivity index (χ3n) is 6.60. The van der Waals surface area contributed by atoms with Gasteiger partial charge < -0.3 is 14.7 Å². The molecule has 6 nitrogen and oxygen atoms in total. The molecule has 1 aliphatic carbocycles. The van der Waals surface area contributed by atoms with Crippen molar-refractivity contribution < 1.29 is 4.79 Å². The Morgan fingerprint density at radius 3 is 2.19 bits per heavy atom. The molecule has 3 aliphatic rings. The van der Waals surface area contributed by atoms with E-state index in [0.717, 1.165) is 57.2 Å². The van der Waals surface area contributed by atoms with Crippen LogP contribution in [-0.4, -0.2) is 59.8 Å². The summed E-state index contributed by atoms with van der Waals surface area (Å²) in [5, 5.41) is 9.01. The molecule has 1 amide bonds. The van der Waals surface area contributed by atoms with Crippen molar-refractivity contribution in [1.82, 2.24) is 15.1 Å². The van der Waals surface area contributed by atoms with Gasteiger partial charge in [-0.05, 0) is 51.2 Å². The van der Waals surface area contributed by atoms with Gasteiger partial charge in [0.15, 0.2) is 11.6 Å². The zero-order valence-corrected chi connectivity index (χ0v) is 16.6. The van der Waals surface area contributed by atoms with Crippen LogP contribution in [0.2, 0.25) is 0 Å². The normalized spacial score (nSPS) is 24.9. The van der Waals surface area contributed by atoms with Gasteiger partial charge in [-0.3, -0.25) is 4.79 Å². The van der Waals surface area contributed by atoms with Gasteiger partial charge in [-0.15, -0.1) is 10.2 Å². The molecule has 3 fully saturated rings. The lowest BCUT2D eigenvalue weighted by molar-refractivity contribution is -0.136. The molecule has 4 rings (SSSR count). The number of carbonyl (C=O) groups excluding carboxylic acids is 1. The molecule has 1 aromatic heterocycles. The van der Waals surface area contributed by atoms with Gasteiger partial charge in [-0.25, -0.2) is 0 Å². The van der Waals surface area contributed by atoms with E-state index in [2.05, 4.69) is 44.0 Å². The molecule has 0 bridgehead atoms. The number of rotatable bonds is 3. The maximum Gasteiger partial charge on any atom is 0.225 e. The molecular formula is C21H33N5O. The molecule has 1 atom stereocenters. The molecule has 0 aromatic carbocycles. The van der Waals surface area contributed by atoms with Crippen molar-refractivity contribution in [3.05, 3.63) is 12.1 Å². The second-order valence-electron chi connectivity index (χ2n) is 8.44. The molecule has 1 aromatic rings. The molecule has 2 aliphatic heterocycles. The first-order valence-corrected chi connectivity index (χ1v) is 10.9. The van der Waals surface area contributed by atoms with Crippen LogP contribution in [0.15, 0.2) is 12.1 Å². The van der Waals surface area contributed by atoms with Crippen LogP contribution in [0.1, 0.15) is 58.3 Å². The Hall–Kier alpha value is -1.85. The molecule has 1 unspecified atom stereocenters. The summed E-state index contributed by atoms with van der Waals surface area (Å²) in [6.07, 6.45) is 9.68. The van der Waals surface area contributed by atoms with Gasteiger partial charge in [-0.2, -0.15) is 0 Å². The van der Waals surface area contributed by atoms with E-state index in [1.54, 1.807) is 0 Å².